The summed E-state index contributed by atoms with van der Waals surface area (Å²) < 4.78 is 0. The van der Waals surface area contributed by atoms with Crippen molar-refractivity contribution in [1.29, 1.82) is 0 Å². The molecule has 4 rings (SSSR count). The summed E-state index contributed by atoms with van der Waals surface area (Å²) in [4.78, 5) is 2.52. The largest absolute Gasteiger partial charge is 0.411 e. The van der Waals surface area contributed by atoms with Gasteiger partial charge in [0.15, 0.2) is 0 Å². The molecule has 3 heterocycles. The molecule has 106 valence electrons. The first-order chi connectivity index (χ1) is 9.69. The third kappa shape index (κ3) is 1.73. The van der Waals surface area contributed by atoms with Gasteiger partial charge in [0.2, 0.25) is 0 Å². The predicted octanol–water partition coefficient (Wildman–Crippen LogP) is 3.77. The van der Waals surface area contributed by atoms with E-state index in [-0.39, 0.29) is 0 Å². The normalized spacial score (nSPS) is 40.5. The fourth-order valence-corrected chi connectivity index (χ4v) is 4.80. The van der Waals surface area contributed by atoms with Gasteiger partial charge >= 0.3 is 0 Å². The first kappa shape index (κ1) is 12.9. The highest BCUT2D eigenvalue weighted by Crippen LogP contribution is 2.51. The van der Waals surface area contributed by atoms with E-state index in [1.54, 1.807) is 0 Å². The third-order valence-corrected chi connectivity index (χ3v) is 6.03. The summed E-state index contributed by atoms with van der Waals surface area (Å²) in [6, 6.07) is 7.09. The van der Waals surface area contributed by atoms with Crippen molar-refractivity contribution in [3.05, 3.63) is 33.8 Å². The van der Waals surface area contributed by atoms with E-state index in [0.717, 1.165) is 18.7 Å². The van der Waals surface area contributed by atoms with Gasteiger partial charge in [0.25, 0.3) is 0 Å². The molecule has 3 nitrogen and oxygen atoms in total. The zero-order chi connectivity index (χ0) is 13.9. The number of hydrogen-bond acceptors (Lipinski definition) is 3. The molecule has 0 saturated carbocycles. The van der Waals surface area contributed by atoms with E-state index in [1.165, 1.54) is 18.4 Å². The summed E-state index contributed by atoms with van der Waals surface area (Å²) >= 11 is 12.2. The Kier molecular flexibility index (Phi) is 2.99. The van der Waals surface area contributed by atoms with Gasteiger partial charge in [0.05, 0.1) is 15.8 Å². The molecule has 0 aromatic heterocycles. The Morgan fingerprint density at radius 1 is 1.20 bits per heavy atom. The molecule has 1 unspecified atom stereocenters. The zero-order valence-electron chi connectivity index (χ0n) is 11.0. The average molecular weight is 311 g/mol. The molecule has 1 N–H and O–H groups in total. The van der Waals surface area contributed by atoms with Crippen molar-refractivity contribution in [2.24, 2.45) is 11.1 Å². The van der Waals surface area contributed by atoms with Crippen molar-refractivity contribution >= 4 is 28.9 Å². The number of piperidine rings is 1. The summed E-state index contributed by atoms with van der Waals surface area (Å²) in [5.74, 6) is 0.725. The summed E-state index contributed by atoms with van der Waals surface area (Å²) in [7, 11) is 0. The molecule has 3 fully saturated rings. The van der Waals surface area contributed by atoms with Crippen LogP contribution in [0.15, 0.2) is 23.4 Å². The minimum absolute atomic E-state index is 0.330. The predicted molar refractivity (Wildman–Crippen MR) is 80.0 cm³/mol. The lowest BCUT2D eigenvalue weighted by Gasteiger charge is -2.36. The molecular weight excluding hydrogens is 295 g/mol. The van der Waals surface area contributed by atoms with Crippen LogP contribution in [-0.4, -0.2) is 34.4 Å². The third-order valence-electron chi connectivity index (χ3n) is 5.29. The van der Waals surface area contributed by atoms with Gasteiger partial charge in [-0.15, -0.1) is 0 Å². The fourth-order valence-electron chi connectivity index (χ4n) is 4.49. The highest BCUT2D eigenvalue weighted by Gasteiger charge is 2.54. The summed E-state index contributed by atoms with van der Waals surface area (Å²) in [5, 5.41) is 14.1. The second-order valence-electron chi connectivity index (χ2n) is 6.10. The van der Waals surface area contributed by atoms with E-state index in [2.05, 4.69) is 16.1 Å². The smallest absolute Gasteiger partial charge is 0.0763 e. The van der Waals surface area contributed by atoms with Crippen LogP contribution in [-0.2, 0) is 0 Å². The number of benzene rings is 1. The van der Waals surface area contributed by atoms with Crippen molar-refractivity contribution < 1.29 is 5.21 Å². The maximum Gasteiger partial charge on any atom is 0.0763 e. The molecule has 5 atom stereocenters. The quantitative estimate of drug-likeness (QED) is 0.633. The van der Waals surface area contributed by atoms with Crippen LogP contribution in [0.2, 0.25) is 10.0 Å². The maximum atomic E-state index is 9.32. The number of rotatable bonds is 1. The number of hydrogen-bond donors (Lipinski definition) is 1. The van der Waals surface area contributed by atoms with Gasteiger partial charge in [-0.05, 0) is 42.9 Å². The Hall–Kier alpha value is -0.770. The first-order valence-electron chi connectivity index (χ1n) is 7.10. The van der Waals surface area contributed by atoms with E-state index < -0.39 is 0 Å². The SMILES string of the molecule is ON=C1CN2[C@H]3CC[C@@H]2[C@H]1[C@@H](c1ccc(Cl)c(Cl)c1)C3. The second-order valence-corrected chi connectivity index (χ2v) is 6.92. The minimum Gasteiger partial charge on any atom is -0.411 e. The van der Waals surface area contributed by atoms with E-state index in [4.69, 9.17) is 23.2 Å². The second kappa shape index (κ2) is 4.62. The minimum atomic E-state index is 0.330. The molecule has 0 spiro atoms. The molecule has 0 aliphatic carbocycles. The van der Waals surface area contributed by atoms with E-state index in [0.29, 0.717) is 34.0 Å². The van der Waals surface area contributed by atoms with Crippen LogP contribution in [0.4, 0.5) is 0 Å². The fraction of sp³-hybridized carbons (Fsp3) is 0.533. The monoisotopic (exact) mass is 310 g/mol. The van der Waals surface area contributed by atoms with Crippen LogP contribution in [0.5, 0.6) is 0 Å². The first-order valence-corrected chi connectivity index (χ1v) is 7.86. The Labute approximate surface area is 128 Å². The number of nitrogens with zero attached hydrogens (tertiary/aromatic N) is 2. The lowest BCUT2D eigenvalue weighted by Crippen LogP contribution is -2.40. The molecule has 3 aliphatic heterocycles. The van der Waals surface area contributed by atoms with Crippen molar-refractivity contribution in [3.8, 4) is 0 Å². The van der Waals surface area contributed by atoms with E-state index in [1.807, 2.05) is 12.1 Å². The molecule has 0 amide bonds. The van der Waals surface area contributed by atoms with Gasteiger partial charge < -0.3 is 5.21 Å². The summed E-state index contributed by atoms with van der Waals surface area (Å²) in [6.45, 7) is 0.828. The summed E-state index contributed by atoms with van der Waals surface area (Å²) in [5.41, 5.74) is 2.16. The Morgan fingerprint density at radius 2 is 2.05 bits per heavy atom. The molecule has 1 aromatic rings. The topological polar surface area (TPSA) is 35.8 Å². The molecule has 0 radical (unpaired) electrons. The summed E-state index contributed by atoms with van der Waals surface area (Å²) in [6.07, 6.45) is 3.60. The molecular formula is C15H16Cl2N2O. The standard InChI is InChI=1S/C15H16Cl2N2O/c16-11-3-1-8(5-12(11)17)10-6-9-2-4-14-15(10)13(18-20)7-19(9)14/h1,3,5,9-10,14-15,20H,2,4,6-7H2/t9-,10+,14+,15-/m0/s1. The van der Waals surface area contributed by atoms with Crippen molar-refractivity contribution in [2.75, 3.05) is 6.54 Å². The Bertz CT molecular complexity index is 589. The van der Waals surface area contributed by atoms with Gasteiger partial charge in [-0.3, -0.25) is 4.90 Å². The number of halogens is 2. The van der Waals surface area contributed by atoms with E-state index >= 15 is 0 Å². The number of oxime groups is 1. The molecule has 3 saturated heterocycles. The molecule has 4 bridgehead atoms. The highest BCUT2D eigenvalue weighted by atomic mass is 35.5. The molecule has 20 heavy (non-hydrogen) atoms. The highest BCUT2D eigenvalue weighted by molar-refractivity contribution is 6.42. The molecule has 5 heteroatoms. The Morgan fingerprint density at radius 3 is 2.80 bits per heavy atom. The van der Waals surface area contributed by atoms with Crippen LogP contribution < -0.4 is 0 Å². The molecule has 3 aliphatic rings. The average Bonchev–Trinajstić information content (AvgIpc) is 2.87. The van der Waals surface area contributed by atoms with Crippen LogP contribution in [0, 0.1) is 5.92 Å². The van der Waals surface area contributed by atoms with Crippen LogP contribution in [0.25, 0.3) is 0 Å². The van der Waals surface area contributed by atoms with E-state index in [9.17, 15) is 5.21 Å². The lowest BCUT2D eigenvalue weighted by atomic mass is 9.77. The van der Waals surface area contributed by atoms with Crippen molar-refractivity contribution in [2.45, 2.75) is 37.3 Å². The van der Waals surface area contributed by atoms with Crippen LogP contribution in [0.3, 0.4) is 0 Å². The van der Waals surface area contributed by atoms with Gasteiger partial charge in [-0.1, -0.05) is 34.4 Å². The van der Waals surface area contributed by atoms with Crippen LogP contribution >= 0.6 is 23.2 Å². The zero-order valence-corrected chi connectivity index (χ0v) is 12.5. The lowest BCUT2D eigenvalue weighted by molar-refractivity contribution is 0.154. The van der Waals surface area contributed by atoms with Crippen LogP contribution in [0.1, 0.15) is 30.7 Å². The van der Waals surface area contributed by atoms with Gasteiger partial charge in [0.1, 0.15) is 0 Å². The Balaban J connectivity index is 1.76. The van der Waals surface area contributed by atoms with Crippen molar-refractivity contribution in [1.82, 2.24) is 4.90 Å². The van der Waals surface area contributed by atoms with Gasteiger partial charge in [-0.2, -0.15) is 0 Å². The van der Waals surface area contributed by atoms with Crippen molar-refractivity contribution in [3.63, 3.8) is 0 Å². The molecule has 1 aromatic carbocycles. The van der Waals surface area contributed by atoms with Gasteiger partial charge in [0, 0.05) is 24.5 Å². The van der Waals surface area contributed by atoms with Gasteiger partial charge in [-0.25, -0.2) is 0 Å². The maximum absolute atomic E-state index is 9.32.